The van der Waals surface area contributed by atoms with Crippen molar-refractivity contribution < 1.29 is 0 Å². The minimum Gasteiger partial charge on any atom is -0.399 e. The summed E-state index contributed by atoms with van der Waals surface area (Å²) in [6.45, 7) is 2.06. The number of nitrogens with zero attached hydrogens (tertiary/aromatic N) is 1. The van der Waals surface area contributed by atoms with E-state index in [9.17, 15) is 0 Å². The van der Waals surface area contributed by atoms with E-state index in [2.05, 4.69) is 33.2 Å². The molecule has 0 fully saturated rings. The van der Waals surface area contributed by atoms with E-state index >= 15 is 0 Å². The lowest BCUT2D eigenvalue weighted by molar-refractivity contribution is 1.34. The van der Waals surface area contributed by atoms with E-state index in [1.54, 1.807) is 0 Å². The van der Waals surface area contributed by atoms with Gasteiger partial charge in [-0.25, -0.2) is 4.98 Å². The lowest BCUT2D eigenvalue weighted by Crippen LogP contribution is -1.96. The number of nitrogens with two attached hydrogens (primary N) is 1. The van der Waals surface area contributed by atoms with Crippen LogP contribution in [0.1, 0.15) is 5.56 Å². The summed E-state index contributed by atoms with van der Waals surface area (Å²) < 4.78 is 1.08. The maximum atomic E-state index is 5.77. The number of pyridine rings is 1. The van der Waals surface area contributed by atoms with Crippen LogP contribution in [0.4, 0.5) is 17.2 Å². The van der Waals surface area contributed by atoms with E-state index in [4.69, 9.17) is 5.73 Å². The van der Waals surface area contributed by atoms with Crippen molar-refractivity contribution >= 4 is 44.0 Å². The van der Waals surface area contributed by atoms with Gasteiger partial charge in [0.05, 0.1) is 5.52 Å². The van der Waals surface area contributed by atoms with Crippen molar-refractivity contribution in [1.29, 1.82) is 0 Å². The molecule has 0 amide bonds. The van der Waals surface area contributed by atoms with Crippen LogP contribution in [0.15, 0.2) is 53.0 Å². The molecule has 0 spiro atoms. The molecule has 4 heteroatoms. The molecule has 0 atom stereocenters. The summed E-state index contributed by atoms with van der Waals surface area (Å²) in [4.78, 5) is 4.60. The summed E-state index contributed by atoms with van der Waals surface area (Å²) in [5.41, 5.74) is 9.66. The predicted octanol–water partition coefficient (Wildman–Crippen LogP) is 4.63. The van der Waals surface area contributed by atoms with Gasteiger partial charge in [-0.15, -0.1) is 0 Å². The van der Waals surface area contributed by atoms with Crippen molar-refractivity contribution in [3.05, 3.63) is 58.6 Å². The van der Waals surface area contributed by atoms with Crippen molar-refractivity contribution in [1.82, 2.24) is 4.98 Å². The fourth-order valence-corrected chi connectivity index (χ4v) is 2.46. The molecular weight excluding hydrogens is 314 g/mol. The highest BCUT2D eigenvalue weighted by molar-refractivity contribution is 9.10. The summed E-state index contributed by atoms with van der Waals surface area (Å²) in [6, 6.07) is 15.8. The molecule has 0 unspecified atom stereocenters. The zero-order valence-corrected chi connectivity index (χ0v) is 12.6. The third-order valence-electron chi connectivity index (χ3n) is 3.24. The van der Waals surface area contributed by atoms with E-state index in [0.29, 0.717) is 0 Å². The summed E-state index contributed by atoms with van der Waals surface area (Å²) in [5, 5.41) is 4.39. The van der Waals surface area contributed by atoms with Gasteiger partial charge in [0.15, 0.2) is 0 Å². The number of nitrogens with one attached hydrogen (secondary N) is 1. The lowest BCUT2D eigenvalue weighted by Gasteiger charge is -2.10. The third kappa shape index (κ3) is 2.47. The number of halogens is 1. The van der Waals surface area contributed by atoms with E-state index in [1.165, 1.54) is 0 Å². The predicted molar refractivity (Wildman–Crippen MR) is 88.3 cm³/mol. The van der Waals surface area contributed by atoms with Gasteiger partial charge in [-0.2, -0.15) is 0 Å². The molecule has 3 nitrogen and oxygen atoms in total. The number of fused-ring (bicyclic) bond motifs is 1. The fraction of sp³-hybridized carbons (Fsp3) is 0.0625. The Kier molecular flexibility index (Phi) is 3.32. The molecule has 100 valence electrons. The van der Waals surface area contributed by atoms with E-state index in [1.807, 2.05) is 48.5 Å². The molecular formula is C16H14BrN3. The Morgan fingerprint density at radius 1 is 1.10 bits per heavy atom. The highest BCUT2D eigenvalue weighted by atomic mass is 79.9. The van der Waals surface area contributed by atoms with Gasteiger partial charge in [0.2, 0.25) is 0 Å². The Morgan fingerprint density at radius 3 is 2.80 bits per heavy atom. The highest BCUT2D eigenvalue weighted by Gasteiger charge is 2.04. The molecule has 0 saturated heterocycles. The number of hydrogen-bond donors (Lipinski definition) is 2. The smallest absolute Gasteiger partial charge is 0.131 e. The van der Waals surface area contributed by atoms with Crippen molar-refractivity contribution in [3.8, 4) is 0 Å². The first-order valence-electron chi connectivity index (χ1n) is 6.32. The van der Waals surface area contributed by atoms with Gasteiger partial charge < -0.3 is 11.1 Å². The molecule has 2 aromatic carbocycles. The number of nitrogen functional groups attached to an aromatic ring is 1. The summed E-state index contributed by atoms with van der Waals surface area (Å²) in [6.07, 6.45) is 0. The second kappa shape index (κ2) is 5.13. The summed E-state index contributed by atoms with van der Waals surface area (Å²) in [7, 11) is 0. The average Bonchev–Trinajstić information content (AvgIpc) is 2.44. The van der Waals surface area contributed by atoms with Gasteiger partial charge in [-0.05, 0) is 55.0 Å². The second-order valence-electron chi connectivity index (χ2n) is 4.69. The Balaban J connectivity index is 1.99. The lowest BCUT2D eigenvalue weighted by atomic mass is 10.2. The van der Waals surface area contributed by atoms with Gasteiger partial charge in [0.1, 0.15) is 5.82 Å². The van der Waals surface area contributed by atoms with Crippen LogP contribution in [0.25, 0.3) is 10.9 Å². The zero-order chi connectivity index (χ0) is 14.1. The van der Waals surface area contributed by atoms with Crippen LogP contribution in [0.5, 0.6) is 0 Å². The quantitative estimate of drug-likeness (QED) is 0.674. The van der Waals surface area contributed by atoms with Crippen LogP contribution in [0.3, 0.4) is 0 Å². The maximum Gasteiger partial charge on any atom is 0.131 e. The second-order valence-corrected chi connectivity index (χ2v) is 5.54. The van der Waals surface area contributed by atoms with Crippen LogP contribution < -0.4 is 11.1 Å². The van der Waals surface area contributed by atoms with Crippen LogP contribution in [-0.4, -0.2) is 4.98 Å². The van der Waals surface area contributed by atoms with Crippen LogP contribution >= 0.6 is 15.9 Å². The fourth-order valence-electron chi connectivity index (χ4n) is 2.09. The number of benzene rings is 2. The van der Waals surface area contributed by atoms with Crippen molar-refractivity contribution in [3.63, 3.8) is 0 Å². The highest BCUT2D eigenvalue weighted by Crippen LogP contribution is 2.26. The standard InChI is InChI=1S/C16H14BrN3/c1-10-13(17)3-2-4-14(10)19-16-8-5-11-9-12(18)6-7-15(11)20-16/h2-9H,18H2,1H3,(H,19,20). The molecule has 1 heterocycles. The van der Waals surface area contributed by atoms with Crippen LogP contribution in [-0.2, 0) is 0 Å². The van der Waals surface area contributed by atoms with Gasteiger partial charge in [-0.3, -0.25) is 0 Å². The zero-order valence-electron chi connectivity index (χ0n) is 11.0. The van der Waals surface area contributed by atoms with Crippen molar-refractivity contribution in [2.24, 2.45) is 0 Å². The topological polar surface area (TPSA) is 50.9 Å². The van der Waals surface area contributed by atoms with Gasteiger partial charge >= 0.3 is 0 Å². The van der Waals surface area contributed by atoms with Gasteiger partial charge in [0, 0.05) is 21.2 Å². The minimum atomic E-state index is 0.753. The molecule has 3 aromatic rings. The summed E-state index contributed by atoms with van der Waals surface area (Å²) in [5.74, 6) is 0.823. The maximum absolute atomic E-state index is 5.77. The van der Waals surface area contributed by atoms with Crippen molar-refractivity contribution in [2.45, 2.75) is 6.92 Å². The SMILES string of the molecule is Cc1c(Br)cccc1Nc1ccc2cc(N)ccc2n1. The van der Waals surface area contributed by atoms with E-state index < -0.39 is 0 Å². The number of rotatable bonds is 2. The Morgan fingerprint density at radius 2 is 1.95 bits per heavy atom. The van der Waals surface area contributed by atoms with E-state index in [0.717, 1.165) is 38.1 Å². The third-order valence-corrected chi connectivity index (χ3v) is 4.10. The normalized spacial score (nSPS) is 10.7. The molecule has 0 aliphatic heterocycles. The molecule has 3 N–H and O–H groups in total. The molecule has 0 radical (unpaired) electrons. The van der Waals surface area contributed by atoms with Crippen LogP contribution in [0, 0.1) is 6.92 Å². The first-order valence-corrected chi connectivity index (χ1v) is 7.11. The molecule has 0 bridgehead atoms. The molecule has 1 aromatic heterocycles. The number of hydrogen-bond acceptors (Lipinski definition) is 3. The first-order chi connectivity index (χ1) is 9.63. The molecule has 0 saturated carbocycles. The first kappa shape index (κ1) is 12.9. The number of anilines is 3. The van der Waals surface area contributed by atoms with E-state index in [-0.39, 0.29) is 0 Å². The van der Waals surface area contributed by atoms with Gasteiger partial charge in [-0.1, -0.05) is 22.0 Å². The molecule has 3 rings (SSSR count). The molecule has 0 aliphatic rings. The monoisotopic (exact) mass is 327 g/mol. The molecule has 20 heavy (non-hydrogen) atoms. The Labute approximate surface area is 126 Å². The Hall–Kier alpha value is -2.07. The average molecular weight is 328 g/mol. The van der Waals surface area contributed by atoms with Crippen LogP contribution in [0.2, 0.25) is 0 Å². The van der Waals surface area contributed by atoms with Gasteiger partial charge in [0.25, 0.3) is 0 Å². The largest absolute Gasteiger partial charge is 0.399 e. The van der Waals surface area contributed by atoms with Crippen molar-refractivity contribution in [2.75, 3.05) is 11.1 Å². The Bertz CT molecular complexity index is 784. The number of aromatic nitrogens is 1. The molecule has 0 aliphatic carbocycles. The minimum absolute atomic E-state index is 0.753. The summed E-state index contributed by atoms with van der Waals surface area (Å²) >= 11 is 3.53.